The molecular formula is C29H32N2O2S. The van der Waals surface area contributed by atoms with Gasteiger partial charge in [0.2, 0.25) is 5.88 Å². The molecule has 1 aromatic heterocycles. The summed E-state index contributed by atoms with van der Waals surface area (Å²) in [6, 6.07) is 18.0. The Bertz CT molecular complexity index is 1180. The second-order valence-corrected chi connectivity index (χ2v) is 12.1. The van der Waals surface area contributed by atoms with Gasteiger partial charge >= 0.3 is 0 Å². The fourth-order valence-corrected chi connectivity index (χ4v) is 8.72. The smallest absolute Gasteiger partial charge is 0.232 e. The molecule has 5 heteroatoms. The molecule has 0 unspecified atom stereocenters. The second kappa shape index (κ2) is 8.10. The molecule has 0 amide bonds. The highest BCUT2D eigenvalue weighted by Crippen LogP contribution is 2.60. The number of nitrogens with zero attached hydrogens (tertiary/aromatic N) is 2. The zero-order chi connectivity index (χ0) is 22.7. The SMILES string of the molecule is Oc1nc(N2CCOCC2)sc1-c1cccc(-c2cccc(C34CC5CC(CC(C5)C3)C4)c2)c1. The number of aromatic hydroxyl groups is 1. The van der Waals surface area contributed by atoms with Crippen molar-refractivity contribution in [3.63, 3.8) is 0 Å². The van der Waals surface area contributed by atoms with E-state index in [1.54, 1.807) is 16.9 Å². The van der Waals surface area contributed by atoms with Gasteiger partial charge in [-0.25, -0.2) is 0 Å². The van der Waals surface area contributed by atoms with Crippen LogP contribution in [0.25, 0.3) is 21.6 Å². The lowest BCUT2D eigenvalue weighted by Crippen LogP contribution is -2.48. The fraction of sp³-hybridized carbons (Fsp3) is 0.483. The van der Waals surface area contributed by atoms with Crippen molar-refractivity contribution in [2.45, 2.75) is 43.9 Å². The summed E-state index contributed by atoms with van der Waals surface area (Å²) in [4.78, 5) is 7.53. The highest BCUT2D eigenvalue weighted by atomic mass is 32.1. The Morgan fingerprint density at radius 3 is 2.18 bits per heavy atom. The van der Waals surface area contributed by atoms with Crippen molar-refractivity contribution < 1.29 is 9.84 Å². The molecule has 5 fully saturated rings. The topological polar surface area (TPSA) is 45.6 Å². The monoisotopic (exact) mass is 472 g/mol. The van der Waals surface area contributed by atoms with Crippen LogP contribution in [0.5, 0.6) is 5.88 Å². The van der Waals surface area contributed by atoms with E-state index in [1.807, 2.05) is 0 Å². The number of thiazole rings is 1. The average molecular weight is 473 g/mol. The molecule has 3 aromatic rings. The van der Waals surface area contributed by atoms with E-state index in [9.17, 15) is 5.11 Å². The lowest BCUT2D eigenvalue weighted by Gasteiger charge is -2.57. The van der Waals surface area contributed by atoms with Crippen LogP contribution >= 0.6 is 11.3 Å². The number of aromatic nitrogens is 1. The first-order valence-electron chi connectivity index (χ1n) is 12.9. The first-order valence-corrected chi connectivity index (χ1v) is 13.7. The predicted octanol–water partition coefficient (Wildman–Crippen LogP) is 6.49. The van der Waals surface area contributed by atoms with Crippen LogP contribution in [-0.4, -0.2) is 36.4 Å². The molecule has 0 spiro atoms. The summed E-state index contributed by atoms with van der Waals surface area (Å²) in [6.07, 6.45) is 8.61. The van der Waals surface area contributed by atoms with E-state index in [0.717, 1.165) is 46.4 Å². The number of rotatable bonds is 4. The lowest BCUT2D eigenvalue weighted by atomic mass is 9.48. The molecule has 2 aromatic carbocycles. The van der Waals surface area contributed by atoms with Gasteiger partial charge in [-0.2, -0.15) is 4.98 Å². The molecule has 34 heavy (non-hydrogen) atoms. The third-order valence-corrected chi connectivity index (χ3v) is 10.0. The average Bonchev–Trinajstić information content (AvgIpc) is 3.26. The number of hydrogen-bond donors (Lipinski definition) is 1. The quantitative estimate of drug-likeness (QED) is 0.472. The van der Waals surface area contributed by atoms with Crippen LogP contribution in [0, 0.1) is 17.8 Å². The van der Waals surface area contributed by atoms with Gasteiger partial charge in [-0.1, -0.05) is 53.8 Å². The van der Waals surface area contributed by atoms with Crippen molar-refractivity contribution in [2.24, 2.45) is 17.8 Å². The zero-order valence-corrected chi connectivity index (χ0v) is 20.4. The molecule has 1 aliphatic heterocycles. The van der Waals surface area contributed by atoms with Gasteiger partial charge in [-0.3, -0.25) is 0 Å². The number of anilines is 1. The fourth-order valence-electron chi connectivity index (χ4n) is 7.71. The summed E-state index contributed by atoms with van der Waals surface area (Å²) in [5.74, 6) is 2.99. The Morgan fingerprint density at radius 2 is 1.47 bits per heavy atom. The van der Waals surface area contributed by atoms with Gasteiger partial charge < -0.3 is 14.7 Å². The molecule has 8 rings (SSSR count). The molecule has 0 radical (unpaired) electrons. The number of ether oxygens (including phenoxy) is 1. The number of hydrogen-bond acceptors (Lipinski definition) is 5. The van der Waals surface area contributed by atoms with Crippen molar-refractivity contribution in [1.29, 1.82) is 0 Å². The van der Waals surface area contributed by atoms with E-state index in [1.165, 1.54) is 49.7 Å². The minimum absolute atomic E-state index is 0.131. The van der Waals surface area contributed by atoms with E-state index in [-0.39, 0.29) is 5.88 Å². The maximum Gasteiger partial charge on any atom is 0.232 e. The Hall–Kier alpha value is -2.37. The molecule has 4 bridgehead atoms. The Morgan fingerprint density at radius 1 is 0.853 bits per heavy atom. The highest BCUT2D eigenvalue weighted by molar-refractivity contribution is 7.19. The van der Waals surface area contributed by atoms with E-state index in [4.69, 9.17) is 4.74 Å². The number of morpholine rings is 1. The van der Waals surface area contributed by atoms with Crippen LogP contribution < -0.4 is 4.90 Å². The van der Waals surface area contributed by atoms with Gasteiger partial charge in [-0.05, 0) is 90.0 Å². The molecule has 0 atom stereocenters. The molecule has 4 aliphatic carbocycles. The minimum Gasteiger partial charge on any atom is -0.492 e. The largest absolute Gasteiger partial charge is 0.492 e. The molecule has 4 saturated carbocycles. The summed E-state index contributed by atoms with van der Waals surface area (Å²) < 4.78 is 5.47. The third-order valence-electron chi connectivity index (χ3n) is 8.85. The lowest BCUT2D eigenvalue weighted by molar-refractivity contribution is -0.00516. The van der Waals surface area contributed by atoms with Crippen molar-refractivity contribution in [1.82, 2.24) is 4.98 Å². The third kappa shape index (κ3) is 3.56. The molecule has 1 N–H and O–H groups in total. The summed E-state index contributed by atoms with van der Waals surface area (Å²) in [5.41, 5.74) is 5.50. The molecular weight excluding hydrogens is 440 g/mol. The van der Waals surface area contributed by atoms with Crippen molar-refractivity contribution in [3.8, 4) is 27.4 Å². The Labute approximate surface area is 205 Å². The zero-order valence-electron chi connectivity index (χ0n) is 19.6. The first-order chi connectivity index (χ1) is 16.6. The van der Waals surface area contributed by atoms with Crippen LogP contribution in [0.3, 0.4) is 0 Å². The van der Waals surface area contributed by atoms with Crippen molar-refractivity contribution in [2.75, 3.05) is 31.2 Å². The maximum atomic E-state index is 10.7. The van der Waals surface area contributed by atoms with Crippen LogP contribution in [-0.2, 0) is 10.2 Å². The molecule has 4 nitrogen and oxygen atoms in total. The van der Waals surface area contributed by atoms with E-state index < -0.39 is 0 Å². The Kier molecular flexibility index (Phi) is 4.99. The van der Waals surface area contributed by atoms with Gasteiger partial charge in [-0.15, -0.1) is 0 Å². The summed E-state index contributed by atoms with van der Waals surface area (Å²) in [5, 5.41) is 11.5. The van der Waals surface area contributed by atoms with E-state index in [2.05, 4.69) is 58.4 Å². The van der Waals surface area contributed by atoms with E-state index >= 15 is 0 Å². The molecule has 176 valence electrons. The highest BCUT2D eigenvalue weighted by Gasteiger charge is 2.51. The van der Waals surface area contributed by atoms with Crippen molar-refractivity contribution in [3.05, 3.63) is 54.1 Å². The van der Waals surface area contributed by atoms with Crippen molar-refractivity contribution >= 4 is 16.5 Å². The Balaban J connectivity index is 1.20. The first kappa shape index (κ1) is 21.0. The van der Waals surface area contributed by atoms with Crippen LogP contribution in [0.4, 0.5) is 5.13 Å². The maximum absolute atomic E-state index is 10.7. The molecule has 2 heterocycles. The minimum atomic E-state index is 0.131. The van der Waals surface area contributed by atoms with Crippen LogP contribution in [0.15, 0.2) is 48.5 Å². The summed E-state index contributed by atoms with van der Waals surface area (Å²) >= 11 is 1.57. The predicted molar refractivity (Wildman–Crippen MR) is 138 cm³/mol. The second-order valence-electron chi connectivity index (χ2n) is 11.1. The normalized spacial score (nSPS) is 30.1. The van der Waals surface area contributed by atoms with E-state index in [0.29, 0.717) is 18.6 Å². The van der Waals surface area contributed by atoms with Gasteiger partial charge in [0.15, 0.2) is 5.13 Å². The number of benzene rings is 2. The van der Waals surface area contributed by atoms with Gasteiger partial charge in [0.05, 0.1) is 18.1 Å². The molecule has 1 saturated heterocycles. The standard InChI is InChI=1S/C29H32N2O2S/c32-27-26(34-28(30-27)31-7-9-33-10-8-31)24-5-1-3-22(14-24)23-4-2-6-25(15-23)29-16-19-11-20(17-29)13-21(12-19)18-29/h1-6,14-15,19-21,32H,7-13,16-18H2. The van der Waals surface area contributed by atoms with Crippen LogP contribution in [0.1, 0.15) is 44.1 Å². The van der Waals surface area contributed by atoms with Gasteiger partial charge in [0.1, 0.15) is 0 Å². The summed E-state index contributed by atoms with van der Waals surface area (Å²) in [7, 11) is 0. The molecule has 5 aliphatic rings. The summed E-state index contributed by atoms with van der Waals surface area (Å²) in [6.45, 7) is 3.07. The van der Waals surface area contributed by atoms with Gasteiger partial charge in [0.25, 0.3) is 0 Å². The van der Waals surface area contributed by atoms with Gasteiger partial charge in [0, 0.05) is 13.1 Å². The van der Waals surface area contributed by atoms with Crippen LogP contribution in [0.2, 0.25) is 0 Å².